The number of H-pyrrole nitrogens is 1. The fraction of sp³-hybridized carbons (Fsp3) is 0.333. The topological polar surface area (TPSA) is 58.2 Å². The SMILES string of the molecule is COc1ccc(C2CCCCCN2C(=O)c2ccc3cc[nH]c3n2)cc1. The van der Waals surface area contributed by atoms with E-state index in [1.807, 2.05) is 41.4 Å². The van der Waals surface area contributed by atoms with Crippen molar-refractivity contribution in [2.45, 2.75) is 31.7 Å². The van der Waals surface area contributed by atoms with Crippen LogP contribution in [0.25, 0.3) is 11.0 Å². The Bertz CT molecular complexity index is 901. The predicted molar refractivity (Wildman–Crippen MR) is 101 cm³/mol. The van der Waals surface area contributed by atoms with Crippen LogP contribution < -0.4 is 4.74 Å². The lowest BCUT2D eigenvalue weighted by atomic mass is 10.0. The normalized spacial score (nSPS) is 17.9. The second-order valence-corrected chi connectivity index (χ2v) is 6.75. The number of aromatic nitrogens is 2. The first kappa shape index (κ1) is 16.6. The van der Waals surface area contributed by atoms with Crippen LogP contribution in [0.3, 0.4) is 0 Å². The van der Waals surface area contributed by atoms with Crippen LogP contribution in [0, 0.1) is 0 Å². The average molecular weight is 349 g/mol. The molecule has 0 saturated carbocycles. The third-order valence-corrected chi connectivity index (χ3v) is 5.14. The molecular weight excluding hydrogens is 326 g/mol. The van der Waals surface area contributed by atoms with Gasteiger partial charge in [-0.2, -0.15) is 0 Å². The zero-order valence-corrected chi connectivity index (χ0v) is 14.9. The van der Waals surface area contributed by atoms with Gasteiger partial charge in [0.25, 0.3) is 5.91 Å². The van der Waals surface area contributed by atoms with Crippen LogP contribution in [-0.2, 0) is 0 Å². The van der Waals surface area contributed by atoms with Crippen molar-refractivity contribution < 1.29 is 9.53 Å². The third-order valence-electron chi connectivity index (χ3n) is 5.14. The van der Waals surface area contributed by atoms with Gasteiger partial charge in [0.15, 0.2) is 0 Å². The molecule has 134 valence electrons. The number of carbonyl (C=O) groups excluding carboxylic acids is 1. The van der Waals surface area contributed by atoms with Crippen LogP contribution in [0.15, 0.2) is 48.7 Å². The van der Waals surface area contributed by atoms with Gasteiger partial charge in [0.05, 0.1) is 13.2 Å². The van der Waals surface area contributed by atoms with Crippen molar-refractivity contribution in [3.05, 3.63) is 59.9 Å². The Balaban J connectivity index is 1.66. The van der Waals surface area contributed by atoms with E-state index >= 15 is 0 Å². The summed E-state index contributed by atoms with van der Waals surface area (Å²) in [5, 5.41) is 1.02. The molecule has 1 aromatic carbocycles. The molecule has 5 heteroatoms. The van der Waals surface area contributed by atoms with Crippen molar-refractivity contribution in [1.82, 2.24) is 14.9 Å². The Labute approximate surface area is 153 Å². The number of rotatable bonds is 3. The number of hydrogen-bond acceptors (Lipinski definition) is 3. The van der Waals surface area contributed by atoms with Crippen molar-refractivity contribution in [1.29, 1.82) is 0 Å². The van der Waals surface area contributed by atoms with E-state index in [0.29, 0.717) is 5.69 Å². The van der Waals surface area contributed by atoms with Gasteiger partial charge in [-0.05, 0) is 48.7 Å². The molecule has 1 aliphatic rings. The van der Waals surface area contributed by atoms with Gasteiger partial charge in [-0.1, -0.05) is 25.0 Å². The lowest BCUT2D eigenvalue weighted by molar-refractivity contribution is 0.0675. The van der Waals surface area contributed by atoms with Gasteiger partial charge >= 0.3 is 0 Å². The van der Waals surface area contributed by atoms with Crippen molar-refractivity contribution in [2.75, 3.05) is 13.7 Å². The molecule has 2 aromatic heterocycles. The molecule has 3 heterocycles. The molecule has 3 aromatic rings. The van der Waals surface area contributed by atoms with Crippen LogP contribution >= 0.6 is 0 Å². The molecule has 0 radical (unpaired) electrons. The summed E-state index contributed by atoms with van der Waals surface area (Å²) in [6, 6.07) is 13.9. The number of ether oxygens (including phenoxy) is 1. The molecule has 4 rings (SSSR count). The average Bonchev–Trinajstić information content (AvgIpc) is 3.02. The summed E-state index contributed by atoms with van der Waals surface area (Å²) < 4.78 is 5.26. The molecular formula is C21H23N3O2. The maximum atomic E-state index is 13.2. The molecule has 26 heavy (non-hydrogen) atoms. The third kappa shape index (κ3) is 3.17. The number of carbonyl (C=O) groups is 1. The number of pyridine rings is 1. The number of amides is 1. The summed E-state index contributed by atoms with van der Waals surface area (Å²) in [6.07, 6.45) is 6.13. The van der Waals surface area contributed by atoms with E-state index < -0.39 is 0 Å². The van der Waals surface area contributed by atoms with Gasteiger partial charge < -0.3 is 14.6 Å². The highest BCUT2D eigenvalue weighted by Crippen LogP contribution is 2.32. The molecule has 1 amide bonds. The first-order valence-corrected chi connectivity index (χ1v) is 9.15. The largest absolute Gasteiger partial charge is 0.497 e. The molecule has 1 N–H and O–H groups in total. The highest BCUT2D eigenvalue weighted by Gasteiger charge is 2.28. The lowest BCUT2D eigenvalue weighted by Crippen LogP contribution is -2.35. The monoisotopic (exact) mass is 349 g/mol. The summed E-state index contributed by atoms with van der Waals surface area (Å²) in [7, 11) is 1.67. The van der Waals surface area contributed by atoms with E-state index in [0.717, 1.165) is 54.6 Å². The minimum absolute atomic E-state index is 0.00391. The number of likely N-dealkylation sites (tertiary alicyclic amines) is 1. The summed E-state index contributed by atoms with van der Waals surface area (Å²) >= 11 is 0. The Morgan fingerprint density at radius 1 is 1.12 bits per heavy atom. The highest BCUT2D eigenvalue weighted by molar-refractivity contribution is 5.94. The number of fused-ring (bicyclic) bond motifs is 1. The summed E-state index contributed by atoms with van der Waals surface area (Å²) in [5.74, 6) is 0.836. The summed E-state index contributed by atoms with van der Waals surface area (Å²) in [5.41, 5.74) is 2.41. The quantitative estimate of drug-likeness (QED) is 0.766. The highest BCUT2D eigenvalue weighted by atomic mass is 16.5. The standard InChI is InChI=1S/C21H23N3O2/c1-26-17-9-6-15(7-10-17)19-5-3-2-4-14-24(19)21(25)18-11-8-16-12-13-22-20(16)23-18/h6-13,19H,2-5,14H2,1H3,(H,22,23). The number of methoxy groups -OCH3 is 1. The molecule has 0 aliphatic carbocycles. The van der Waals surface area contributed by atoms with E-state index in [1.165, 1.54) is 0 Å². The number of nitrogens with one attached hydrogen (secondary N) is 1. The molecule has 0 bridgehead atoms. The number of nitrogens with zero attached hydrogens (tertiary/aromatic N) is 2. The van der Waals surface area contributed by atoms with Crippen LogP contribution in [0.2, 0.25) is 0 Å². The van der Waals surface area contributed by atoms with E-state index in [-0.39, 0.29) is 11.9 Å². The first-order valence-electron chi connectivity index (χ1n) is 9.15. The maximum absolute atomic E-state index is 13.2. The Hall–Kier alpha value is -2.82. The van der Waals surface area contributed by atoms with E-state index in [9.17, 15) is 4.79 Å². The van der Waals surface area contributed by atoms with E-state index in [2.05, 4.69) is 22.1 Å². The molecule has 1 atom stereocenters. The zero-order chi connectivity index (χ0) is 17.9. The smallest absolute Gasteiger partial charge is 0.273 e. The number of benzene rings is 1. The minimum Gasteiger partial charge on any atom is -0.497 e. The number of hydrogen-bond donors (Lipinski definition) is 1. The Kier molecular flexibility index (Phi) is 4.61. The molecule has 1 saturated heterocycles. The predicted octanol–water partition coefficient (Wildman–Crippen LogP) is 4.33. The lowest BCUT2D eigenvalue weighted by Gasteiger charge is -2.30. The zero-order valence-electron chi connectivity index (χ0n) is 14.9. The fourth-order valence-corrected chi connectivity index (χ4v) is 3.72. The fourth-order valence-electron chi connectivity index (χ4n) is 3.72. The van der Waals surface area contributed by atoms with Crippen molar-refractivity contribution >= 4 is 16.9 Å². The molecule has 1 unspecified atom stereocenters. The second-order valence-electron chi connectivity index (χ2n) is 6.75. The van der Waals surface area contributed by atoms with Crippen molar-refractivity contribution in [3.8, 4) is 5.75 Å². The summed E-state index contributed by atoms with van der Waals surface area (Å²) in [6.45, 7) is 0.764. The van der Waals surface area contributed by atoms with Gasteiger partial charge in [0.2, 0.25) is 0 Å². The van der Waals surface area contributed by atoms with E-state index in [1.54, 1.807) is 7.11 Å². The second kappa shape index (κ2) is 7.20. The van der Waals surface area contributed by atoms with Crippen molar-refractivity contribution in [3.63, 3.8) is 0 Å². The van der Waals surface area contributed by atoms with Gasteiger partial charge in [0.1, 0.15) is 17.1 Å². The molecule has 1 fully saturated rings. The Morgan fingerprint density at radius 3 is 2.77 bits per heavy atom. The van der Waals surface area contributed by atoms with Gasteiger partial charge in [0, 0.05) is 18.1 Å². The van der Waals surface area contributed by atoms with Crippen molar-refractivity contribution in [2.24, 2.45) is 0 Å². The molecule has 0 spiro atoms. The van der Waals surface area contributed by atoms with Crippen LogP contribution in [0.5, 0.6) is 5.75 Å². The van der Waals surface area contributed by atoms with E-state index in [4.69, 9.17) is 4.74 Å². The summed E-state index contributed by atoms with van der Waals surface area (Å²) in [4.78, 5) is 22.9. The molecule has 5 nitrogen and oxygen atoms in total. The van der Waals surface area contributed by atoms with Gasteiger partial charge in [-0.15, -0.1) is 0 Å². The van der Waals surface area contributed by atoms with Gasteiger partial charge in [-0.25, -0.2) is 4.98 Å². The molecule has 1 aliphatic heterocycles. The van der Waals surface area contributed by atoms with Gasteiger partial charge in [-0.3, -0.25) is 4.79 Å². The minimum atomic E-state index is 0.00391. The van der Waals surface area contributed by atoms with Crippen LogP contribution in [0.1, 0.15) is 47.8 Å². The first-order chi connectivity index (χ1) is 12.8. The maximum Gasteiger partial charge on any atom is 0.273 e. The Morgan fingerprint density at radius 2 is 1.96 bits per heavy atom. The number of aromatic amines is 1. The van der Waals surface area contributed by atoms with Crippen LogP contribution in [-0.4, -0.2) is 34.4 Å². The van der Waals surface area contributed by atoms with Crippen LogP contribution in [0.4, 0.5) is 0 Å².